The molecule has 0 bridgehead atoms. The zero-order valence-corrected chi connectivity index (χ0v) is 10.4. The smallest absolute Gasteiger partial charge is 0.166 e. The van der Waals surface area contributed by atoms with Gasteiger partial charge in [0.1, 0.15) is 10.9 Å². The highest BCUT2D eigenvalue weighted by Crippen LogP contribution is 2.34. The highest BCUT2D eigenvalue weighted by Gasteiger charge is 2.34. The Morgan fingerprint density at radius 1 is 1.39 bits per heavy atom. The van der Waals surface area contributed by atoms with Crippen molar-refractivity contribution in [3.05, 3.63) is 35.8 Å². The number of hydrogen-bond donors (Lipinski definition) is 0. The molecule has 0 aliphatic carbocycles. The van der Waals surface area contributed by atoms with E-state index in [0.717, 1.165) is 6.29 Å². The molecule has 1 atom stereocenters. The largest absolute Gasteiger partial charge is 0.297 e. The minimum Gasteiger partial charge on any atom is -0.297 e. The number of imidazole rings is 1. The minimum atomic E-state index is -3.07. The number of sulfone groups is 1. The standard InChI is InChI=1S/C12H12N2O3S/c15-8-9-3-1-5-12-13-10(7-14(9)12)11-4-2-6-18(11,16)17/h1,3,5,7-8,11H,2,4,6H2. The fourth-order valence-electron chi connectivity index (χ4n) is 2.43. The fraction of sp³-hybridized carbons (Fsp3) is 0.333. The number of pyridine rings is 1. The number of aldehydes is 1. The third-order valence-corrected chi connectivity index (χ3v) is 5.52. The summed E-state index contributed by atoms with van der Waals surface area (Å²) < 4.78 is 25.4. The van der Waals surface area contributed by atoms with Crippen molar-refractivity contribution < 1.29 is 13.2 Å². The van der Waals surface area contributed by atoms with Gasteiger partial charge in [-0.1, -0.05) is 6.07 Å². The minimum absolute atomic E-state index is 0.228. The maximum atomic E-state index is 11.9. The number of carbonyl (C=O) groups is 1. The number of carbonyl (C=O) groups excluding carboxylic acids is 1. The molecule has 6 heteroatoms. The Balaban J connectivity index is 2.17. The molecular weight excluding hydrogens is 252 g/mol. The topological polar surface area (TPSA) is 68.5 Å². The van der Waals surface area contributed by atoms with Crippen molar-refractivity contribution >= 4 is 21.8 Å². The van der Waals surface area contributed by atoms with E-state index in [-0.39, 0.29) is 5.75 Å². The van der Waals surface area contributed by atoms with E-state index in [1.54, 1.807) is 28.8 Å². The molecule has 1 aliphatic heterocycles. The number of rotatable bonds is 2. The highest BCUT2D eigenvalue weighted by molar-refractivity contribution is 7.91. The van der Waals surface area contributed by atoms with Gasteiger partial charge in [0.25, 0.3) is 0 Å². The van der Waals surface area contributed by atoms with Gasteiger partial charge >= 0.3 is 0 Å². The Morgan fingerprint density at radius 3 is 2.89 bits per heavy atom. The Kier molecular flexibility index (Phi) is 2.48. The lowest BCUT2D eigenvalue weighted by atomic mass is 10.2. The van der Waals surface area contributed by atoms with Crippen LogP contribution in [0.1, 0.15) is 34.3 Å². The van der Waals surface area contributed by atoms with Crippen LogP contribution in [0.15, 0.2) is 24.4 Å². The summed E-state index contributed by atoms with van der Waals surface area (Å²) in [6.45, 7) is 0. The first kappa shape index (κ1) is 11.4. The maximum Gasteiger partial charge on any atom is 0.166 e. The van der Waals surface area contributed by atoms with Gasteiger partial charge in [-0.25, -0.2) is 13.4 Å². The number of hydrogen-bond acceptors (Lipinski definition) is 4. The summed E-state index contributed by atoms with van der Waals surface area (Å²) in [7, 11) is -3.07. The van der Waals surface area contributed by atoms with Gasteiger partial charge in [-0.3, -0.25) is 9.20 Å². The summed E-state index contributed by atoms with van der Waals surface area (Å²) in [4.78, 5) is 15.2. The van der Waals surface area contributed by atoms with Gasteiger partial charge in [0.15, 0.2) is 16.1 Å². The molecule has 2 aromatic rings. The van der Waals surface area contributed by atoms with Crippen LogP contribution in [0.2, 0.25) is 0 Å². The molecular formula is C12H12N2O3S. The van der Waals surface area contributed by atoms with E-state index in [1.807, 2.05) is 0 Å². The summed E-state index contributed by atoms with van der Waals surface area (Å²) >= 11 is 0. The molecule has 1 fully saturated rings. The van der Waals surface area contributed by atoms with Crippen LogP contribution in [-0.4, -0.2) is 29.8 Å². The summed E-state index contributed by atoms with van der Waals surface area (Å²) in [5.74, 6) is 0.228. The number of aromatic nitrogens is 2. The van der Waals surface area contributed by atoms with Gasteiger partial charge in [-0.05, 0) is 25.0 Å². The second-order valence-corrected chi connectivity index (χ2v) is 6.76. The van der Waals surface area contributed by atoms with Crippen LogP contribution in [0.3, 0.4) is 0 Å². The second kappa shape index (κ2) is 3.91. The predicted octanol–water partition coefficient (Wildman–Crippen LogP) is 1.40. The van der Waals surface area contributed by atoms with Gasteiger partial charge in [0.2, 0.25) is 0 Å². The molecule has 0 amide bonds. The molecule has 0 radical (unpaired) electrons. The van der Waals surface area contributed by atoms with E-state index in [9.17, 15) is 13.2 Å². The van der Waals surface area contributed by atoms with Crippen molar-refractivity contribution in [1.29, 1.82) is 0 Å². The van der Waals surface area contributed by atoms with Crippen LogP contribution in [0.25, 0.3) is 5.65 Å². The van der Waals surface area contributed by atoms with E-state index in [2.05, 4.69) is 4.98 Å². The summed E-state index contributed by atoms with van der Waals surface area (Å²) in [6, 6.07) is 5.17. The lowest BCUT2D eigenvalue weighted by molar-refractivity contribution is 0.111. The molecule has 5 nitrogen and oxygen atoms in total. The third kappa shape index (κ3) is 1.64. The summed E-state index contributed by atoms with van der Waals surface area (Å²) in [5.41, 5.74) is 1.63. The molecule has 18 heavy (non-hydrogen) atoms. The van der Waals surface area contributed by atoms with E-state index in [4.69, 9.17) is 0 Å². The number of fused-ring (bicyclic) bond motifs is 1. The predicted molar refractivity (Wildman–Crippen MR) is 66.3 cm³/mol. The van der Waals surface area contributed by atoms with Gasteiger partial charge < -0.3 is 0 Å². The molecule has 0 N–H and O–H groups in total. The normalized spacial score (nSPS) is 22.3. The fourth-order valence-corrected chi connectivity index (χ4v) is 4.29. The van der Waals surface area contributed by atoms with Crippen LogP contribution < -0.4 is 0 Å². The average molecular weight is 264 g/mol. The Morgan fingerprint density at radius 2 is 2.22 bits per heavy atom. The molecule has 3 heterocycles. The van der Waals surface area contributed by atoms with E-state index >= 15 is 0 Å². The van der Waals surface area contributed by atoms with Gasteiger partial charge in [-0.15, -0.1) is 0 Å². The van der Waals surface area contributed by atoms with Gasteiger partial charge in [-0.2, -0.15) is 0 Å². The van der Waals surface area contributed by atoms with Gasteiger partial charge in [0.05, 0.1) is 17.1 Å². The quantitative estimate of drug-likeness (QED) is 0.769. The average Bonchev–Trinajstić information content (AvgIpc) is 2.90. The van der Waals surface area contributed by atoms with Crippen molar-refractivity contribution in [1.82, 2.24) is 9.38 Å². The monoisotopic (exact) mass is 264 g/mol. The van der Waals surface area contributed by atoms with Crippen molar-refractivity contribution in [3.8, 4) is 0 Å². The Hall–Kier alpha value is -1.69. The van der Waals surface area contributed by atoms with Gasteiger partial charge in [0, 0.05) is 6.20 Å². The molecule has 0 spiro atoms. The van der Waals surface area contributed by atoms with Crippen LogP contribution in [0.4, 0.5) is 0 Å². The van der Waals surface area contributed by atoms with Crippen molar-refractivity contribution in [3.63, 3.8) is 0 Å². The molecule has 3 rings (SSSR count). The maximum absolute atomic E-state index is 11.9. The lowest BCUT2D eigenvalue weighted by Gasteiger charge is -2.03. The summed E-state index contributed by atoms with van der Waals surface area (Å²) in [6.07, 6.45) is 3.69. The zero-order chi connectivity index (χ0) is 12.8. The molecule has 1 unspecified atom stereocenters. The van der Waals surface area contributed by atoms with Crippen LogP contribution in [-0.2, 0) is 9.84 Å². The van der Waals surface area contributed by atoms with Crippen molar-refractivity contribution in [2.45, 2.75) is 18.1 Å². The van der Waals surface area contributed by atoms with Crippen molar-refractivity contribution in [2.75, 3.05) is 5.75 Å². The molecule has 1 saturated heterocycles. The molecule has 0 aromatic carbocycles. The van der Waals surface area contributed by atoms with E-state index < -0.39 is 15.1 Å². The van der Waals surface area contributed by atoms with Crippen molar-refractivity contribution in [2.24, 2.45) is 0 Å². The zero-order valence-electron chi connectivity index (χ0n) is 9.61. The van der Waals surface area contributed by atoms with E-state index in [0.29, 0.717) is 29.9 Å². The van der Waals surface area contributed by atoms with Crippen LogP contribution in [0, 0.1) is 0 Å². The number of nitrogens with zero attached hydrogens (tertiary/aromatic N) is 2. The molecule has 0 saturated carbocycles. The Bertz CT molecular complexity index is 718. The van der Waals surface area contributed by atoms with Crippen LogP contribution >= 0.6 is 0 Å². The molecule has 2 aromatic heterocycles. The first-order chi connectivity index (χ1) is 8.62. The van der Waals surface area contributed by atoms with Crippen LogP contribution in [0.5, 0.6) is 0 Å². The first-order valence-electron chi connectivity index (χ1n) is 5.76. The van der Waals surface area contributed by atoms with E-state index in [1.165, 1.54) is 0 Å². The second-order valence-electron chi connectivity index (χ2n) is 4.46. The summed E-state index contributed by atoms with van der Waals surface area (Å²) in [5, 5.41) is -0.517. The molecule has 94 valence electrons. The SMILES string of the molecule is O=Cc1cccc2nc(C3CCCS3(=O)=O)cn12. The third-order valence-electron chi connectivity index (χ3n) is 3.32. The molecule has 1 aliphatic rings. The Labute approximate surface area is 104 Å². The lowest BCUT2D eigenvalue weighted by Crippen LogP contribution is -2.08. The highest BCUT2D eigenvalue weighted by atomic mass is 32.2. The first-order valence-corrected chi connectivity index (χ1v) is 7.48.